The molecule has 1 atom stereocenters. The smallest absolute Gasteiger partial charge is 0.326 e. The molecule has 8 nitrogen and oxygen atoms in total. The van der Waals surface area contributed by atoms with Gasteiger partial charge >= 0.3 is 18.0 Å². The number of nitrogens with zero attached hydrogens (tertiary/aromatic N) is 1. The highest BCUT2D eigenvalue weighted by molar-refractivity contribution is 5.86. The first-order valence-corrected chi connectivity index (χ1v) is 5.53. The highest BCUT2D eigenvalue weighted by atomic mass is 16.5. The molecule has 0 aromatic heterocycles. The molecule has 0 aromatic rings. The summed E-state index contributed by atoms with van der Waals surface area (Å²) in [5, 5.41) is 19.9. The van der Waals surface area contributed by atoms with Gasteiger partial charge in [0.2, 0.25) is 0 Å². The van der Waals surface area contributed by atoms with Gasteiger partial charge in [0.25, 0.3) is 0 Å². The summed E-state index contributed by atoms with van der Waals surface area (Å²) in [6.07, 6.45) is 0.962. The molecule has 0 aliphatic carbocycles. The quantitative estimate of drug-likeness (QED) is 0.394. The molecule has 0 heterocycles. The Kier molecular flexibility index (Phi) is 7.94. The molecular weight excluding hydrogens is 256 g/mol. The molecule has 0 aromatic carbocycles. The van der Waals surface area contributed by atoms with E-state index in [1.807, 2.05) is 0 Å². The molecular formula is C11H18N2O6. The Labute approximate surface area is 110 Å². The van der Waals surface area contributed by atoms with Crippen molar-refractivity contribution in [2.24, 2.45) is 0 Å². The van der Waals surface area contributed by atoms with Crippen LogP contribution < -0.4 is 5.32 Å². The van der Waals surface area contributed by atoms with Crippen molar-refractivity contribution in [3.8, 4) is 0 Å². The van der Waals surface area contributed by atoms with Gasteiger partial charge in [-0.3, -0.25) is 4.79 Å². The summed E-state index contributed by atoms with van der Waals surface area (Å²) < 4.78 is 4.34. The van der Waals surface area contributed by atoms with Crippen molar-refractivity contribution in [3.63, 3.8) is 0 Å². The van der Waals surface area contributed by atoms with Crippen molar-refractivity contribution in [1.29, 1.82) is 0 Å². The lowest BCUT2D eigenvalue weighted by Gasteiger charge is -2.22. The number of urea groups is 1. The Balaban J connectivity index is 4.63. The van der Waals surface area contributed by atoms with E-state index in [2.05, 4.69) is 16.6 Å². The minimum Gasteiger partial charge on any atom is -0.480 e. The molecule has 2 amide bonds. The maximum absolute atomic E-state index is 11.7. The topological polar surface area (TPSA) is 116 Å². The first-order valence-electron chi connectivity index (χ1n) is 5.53. The number of hydrogen-bond acceptors (Lipinski definition) is 5. The molecule has 0 radical (unpaired) electrons. The highest BCUT2D eigenvalue weighted by Gasteiger charge is 2.25. The van der Waals surface area contributed by atoms with Crippen LogP contribution in [0.1, 0.15) is 6.42 Å². The van der Waals surface area contributed by atoms with E-state index in [4.69, 9.17) is 10.2 Å². The van der Waals surface area contributed by atoms with Gasteiger partial charge < -0.3 is 25.2 Å². The number of nitrogens with one attached hydrogen (secondary N) is 1. The van der Waals surface area contributed by atoms with E-state index in [1.165, 1.54) is 11.0 Å². The fourth-order valence-corrected chi connectivity index (χ4v) is 1.24. The van der Waals surface area contributed by atoms with Crippen LogP contribution in [0.5, 0.6) is 0 Å². The summed E-state index contributed by atoms with van der Waals surface area (Å²) in [7, 11) is 1.12. The van der Waals surface area contributed by atoms with Gasteiger partial charge in [0.05, 0.1) is 20.1 Å². The van der Waals surface area contributed by atoms with E-state index in [0.717, 1.165) is 7.11 Å². The number of rotatable bonds is 8. The van der Waals surface area contributed by atoms with Crippen molar-refractivity contribution in [3.05, 3.63) is 12.7 Å². The fraction of sp³-hybridized carbons (Fsp3) is 0.545. The lowest BCUT2D eigenvalue weighted by Crippen LogP contribution is -2.49. The highest BCUT2D eigenvalue weighted by Crippen LogP contribution is 1.98. The van der Waals surface area contributed by atoms with E-state index in [1.54, 1.807) is 0 Å². The summed E-state index contributed by atoms with van der Waals surface area (Å²) in [4.78, 5) is 34.9. The third kappa shape index (κ3) is 6.41. The van der Waals surface area contributed by atoms with Crippen LogP contribution in [0.4, 0.5) is 4.79 Å². The summed E-state index contributed by atoms with van der Waals surface area (Å²) in [5.41, 5.74) is 0. The van der Waals surface area contributed by atoms with Crippen LogP contribution in [0.15, 0.2) is 12.7 Å². The number of ether oxygens (including phenoxy) is 1. The number of carboxylic acids is 1. The van der Waals surface area contributed by atoms with Gasteiger partial charge in [-0.15, -0.1) is 6.58 Å². The number of carbonyl (C=O) groups is 3. The molecule has 0 aliphatic rings. The van der Waals surface area contributed by atoms with Gasteiger partial charge in [-0.25, -0.2) is 9.59 Å². The van der Waals surface area contributed by atoms with Crippen molar-refractivity contribution < 1.29 is 29.3 Å². The molecule has 19 heavy (non-hydrogen) atoms. The fourth-order valence-electron chi connectivity index (χ4n) is 1.24. The van der Waals surface area contributed by atoms with E-state index in [0.29, 0.717) is 0 Å². The van der Waals surface area contributed by atoms with Crippen molar-refractivity contribution in [1.82, 2.24) is 10.2 Å². The molecule has 0 bridgehead atoms. The summed E-state index contributed by atoms with van der Waals surface area (Å²) in [6.45, 7) is 3.36. The average Bonchev–Trinajstić information content (AvgIpc) is 2.37. The van der Waals surface area contributed by atoms with Gasteiger partial charge in [0.1, 0.15) is 6.04 Å². The third-order valence-corrected chi connectivity index (χ3v) is 2.20. The molecule has 0 aliphatic heterocycles. The van der Waals surface area contributed by atoms with Crippen LogP contribution in [-0.2, 0) is 14.3 Å². The summed E-state index contributed by atoms with van der Waals surface area (Å²) >= 11 is 0. The number of aliphatic carboxylic acids is 1. The Bertz CT molecular complexity index is 344. The Morgan fingerprint density at radius 1 is 1.47 bits per heavy atom. The van der Waals surface area contributed by atoms with Crippen molar-refractivity contribution in [2.75, 3.05) is 26.8 Å². The van der Waals surface area contributed by atoms with Gasteiger partial charge in [0, 0.05) is 13.1 Å². The van der Waals surface area contributed by atoms with Crippen LogP contribution in [0.3, 0.4) is 0 Å². The number of aliphatic hydroxyl groups is 1. The number of hydrogen-bond donors (Lipinski definition) is 3. The Morgan fingerprint density at radius 2 is 2.11 bits per heavy atom. The predicted molar refractivity (Wildman–Crippen MR) is 65.4 cm³/mol. The van der Waals surface area contributed by atoms with Crippen molar-refractivity contribution >= 4 is 18.0 Å². The van der Waals surface area contributed by atoms with Gasteiger partial charge in [0.15, 0.2) is 0 Å². The molecule has 0 saturated heterocycles. The molecule has 0 fully saturated rings. The minimum atomic E-state index is -1.38. The zero-order valence-electron chi connectivity index (χ0n) is 10.7. The molecule has 0 saturated carbocycles. The second-order valence-corrected chi connectivity index (χ2v) is 3.58. The van der Waals surface area contributed by atoms with Crippen LogP contribution in [-0.4, -0.2) is 65.9 Å². The number of aliphatic hydroxyl groups excluding tert-OH is 1. The predicted octanol–water partition coefficient (Wildman–Crippen LogP) is -0.807. The molecule has 0 spiro atoms. The second-order valence-electron chi connectivity index (χ2n) is 3.58. The molecule has 0 rings (SSSR count). The first-order chi connectivity index (χ1) is 8.96. The van der Waals surface area contributed by atoms with E-state index in [-0.39, 0.29) is 19.7 Å². The SMILES string of the molecule is C=CCN(CCO)C(=O)N[C@@H](CC(=O)OC)C(=O)O. The van der Waals surface area contributed by atoms with Crippen LogP contribution >= 0.6 is 0 Å². The standard InChI is InChI=1S/C11H18N2O6/c1-3-4-13(5-6-14)11(18)12-8(10(16)17)7-9(15)19-2/h3,8,14H,1,4-7H2,2H3,(H,12,18)(H,16,17)/t8-/m0/s1. The normalized spacial score (nSPS) is 11.3. The Hall–Kier alpha value is -2.09. The number of amides is 2. The monoisotopic (exact) mass is 274 g/mol. The van der Waals surface area contributed by atoms with Crippen LogP contribution in [0.25, 0.3) is 0 Å². The largest absolute Gasteiger partial charge is 0.480 e. The van der Waals surface area contributed by atoms with Crippen molar-refractivity contribution in [2.45, 2.75) is 12.5 Å². The Morgan fingerprint density at radius 3 is 2.53 bits per heavy atom. The van der Waals surface area contributed by atoms with Crippen LogP contribution in [0, 0.1) is 0 Å². The number of carboxylic acid groups (broad SMARTS) is 1. The molecule has 108 valence electrons. The molecule has 3 N–H and O–H groups in total. The second kappa shape index (κ2) is 8.92. The third-order valence-electron chi connectivity index (χ3n) is 2.20. The van der Waals surface area contributed by atoms with Gasteiger partial charge in [-0.2, -0.15) is 0 Å². The lowest BCUT2D eigenvalue weighted by atomic mass is 10.2. The number of methoxy groups -OCH3 is 1. The van der Waals surface area contributed by atoms with E-state index in [9.17, 15) is 14.4 Å². The van der Waals surface area contributed by atoms with Gasteiger partial charge in [-0.1, -0.05) is 6.08 Å². The zero-order chi connectivity index (χ0) is 14.8. The molecule has 8 heteroatoms. The zero-order valence-corrected chi connectivity index (χ0v) is 10.7. The van der Waals surface area contributed by atoms with Gasteiger partial charge in [-0.05, 0) is 0 Å². The lowest BCUT2D eigenvalue weighted by molar-refractivity contribution is -0.147. The van der Waals surface area contributed by atoms with E-state index < -0.39 is 30.4 Å². The first kappa shape index (κ1) is 16.9. The average molecular weight is 274 g/mol. The number of esters is 1. The minimum absolute atomic E-state index is 0.0302. The maximum atomic E-state index is 11.7. The molecule has 0 unspecified atom stereocenters. The summed E-state index contributed by atoms with van der Waals surface area (Å²) in [6, 6.07) is -2.09. The van der Waals surface area contributed by atoms with Crippen LogP contribution in [0.2, 0.25) is 0 Å². The maximum Gasteiger partial charge on any atom is 0.326 e. The summed E-state index contributed by atoms with van der Waals surface area (Å²) in [5.74, 6) is -2.09. The van der Waals surface area contributed by atoms with E-state index >= 15 is 0 Å². The number of carbonyl (C=O) groups excluding carboxylic acids is 2.